The Kier molecular flexibility index (Phi) is 6.03. The number of carbonyl (C=O) groups excluding carboxylic acids is 2. The molecule has 0 saturated carbocycles. The molecule has 0 aromatic heterocycles. The molecule has 2 unspecified atom stereocenters. The Labute approximate surface area is 96.9 Å². The Morgan fingerprint density at radius 2 is 2.00 bits per heavy atom. The molecule has 16 heavy (non-hydrogen) atoms. The van der Waals surface area contributed by atoms with Crippen LogP contribution in [0.5, 0.6) is 0 Å². The summed E-state index contributed by atoms with van der Waals surface area (Å²) in [5, 5.41) is 5.12. The Morgan fingerprint density at radius 1 is 1.50 bits per heavy atom. The zero-order valence-electron chi connectivity index (χ0n) is 10.7. The molecule has 0 aromatic carbocycles. The molecule has 5 nitrogen and oxygen atoms in total. The van der Waals surface area contributed by atoms with E-state index in [0.717, 1.165) is 0 Å². The molecule has 0 spiro atoms. The van der Waals surface area contributed by atoms with Crippen molar-refractivity contribution in [2.24, 2.45) is 0 Å². The van der Waals surface area contributed by atoms with Gasteiger partial charge < -0.3 is 15.4 Å². The van der Waals surface area contributed by atoms with E-state index in [2.05, 4.69) is 10.6 Å². The van der Waals surface area contributed by atoms with Crippen LogP contribution in [0.15, 0.2) is 0 Å². The molecule has 1 aliphatic rings. The topological polar surface area (TPSA) is 67.4 Å². The zero-order valence-corrected chi connectivity index (χ0v) is 10.7. The van der Waals surface area contributed by atoms with E-state index in [1.54, 1.807) is 7.11 Å². The van der Waals surface area contributed by atoms with Gasteiger partial charge in [0, 0.05) is 13.2 Å². The first-order chi connectivity index (χ1) is 7.30. The normalized spacial score (nSPS) is 24.2. The summed E-state index contributed by atoms with van der Waals surface area (Å²) >= 11 is 0. The lowest BCUT2D eigenvalue weighted by molar-refractivity contribution is -0.123. The minimum atomic E-state index is -0.313. The predicted molar refractivity (Wildman–Crippen MR) is 62.0 cm³/mol. The van der Waals surface area contributed by atoms with E-state index in [1.807, 2.05) is 27.7 Å². The zero-order chi connectivity index (χ0) is 12.8. The molecule has 94 valence electrons. The van der Waals surface area contributed by atoms with Crippen LogP contribution in [0.25, 0.3) is 0 Å². The number of ether oxygens (including phenoxy) is 1. The van der Waals surface area contributed by atoms with E-state index in [4.69, 9.17) is 4.74 Å². The van der Waals surface area contributed by atoms with Crippen LogP contribution >= 0.6 is 0 Å². The fraction of sp³-hybridized carbons (Fsp3) is 0.818. The van der Waals surface area contributed by atoms with Crippen molar-refractivity contribution < 1.29 is 14.3 Å². The molecular formula is C11H22N2O3. The van der Waals surface area contributed by atoms with Gasteiger partial charge in [-0.1, -0.05) is 0 Å². The van der Waals surface area contributed by atoms with Crippen molar-refractivity contribution in [3.8, 4) is 0 Å². The Morgan fingerprint density at radius 3 is 2.25 bits per heavy atom. The van der Waals surface area contributed by atoms with Gasteiger partial charge in [-0.15, -0.1) is 0 Å². The summed E-state index contributed by atoms with van der Waals surface area (Å²) in [6.07, 6.45) is 1.25. The third-order valence-corrected chi connectivity index (χ3v) is 2.18. The van der Waals surface area contributed by atoms with Gasteiger partial charge in [0.15, 0.2) is 0 Å². The summed E-state index contributed by atoms with van der Waals surface area (Å²) in [5.74, 6) is -0.0837. The molecule has 0 aliphatic carbocycles. The van der Waals surface area contributed by atoms with E-state index in [-0.39, 0.29) is 23.6 Å². The predicted octanol–water partition coefficient (Wildman–Crippen LogP) is 0.441. The fourth-order valence-corrected chi connectivity index (χ4v) is 1.09. The van der Waals surface area contributed by atoms with Gasteiger partial charge in [0.2, 0.25) is 12.3 Å². The number of rotatable bonds is 2. The fourth-order valence-electron chi connectivity index (χ4n) is 1.09. The average Bonchev–Trinajstić information content (AvgIpc) is 2.46. The second-order valence-electron chi connectivity index (χ2n) is 4.80. The lowest BCUT2D eigenvalue weighted by Gasteiger charge is -2.14. The van der Waals surface area contributed by atoms with Crippen LogP contribution < -0.4 is 10.6 Å². The molecule has 0 bridgehead atoms. The third-order valence-electron chi connectivity index (χ3n) is 2.18. The SMILES string of the molecule is CC1CC(NC=O)C(=O)N1.COC(C)(C)C. The van der Waals surface area contributed by atoms with Crippen LogP contribution in [-0.4, -0.2) is 37.1 Å². The number of amides is 2. The monoisotopic (exact) mass is 230 g/mol. The summed E-state index contributed by atoms with van der Waals surface area (Å²) < 4.78 is 4.94. The van der Waals surface area contributed by atoms with E-state index in [0.29, 0.717) is 12.8 Å². The Bertz CT molecular complexity index is 236. The maximum Gasteiger partial charge on any atom is 0.242 e. The standard InChI is InChI=1S/C6H10N2O2.C5H12O/c1-4-2-5(7-3-9)6(10)8-4;1-5(2,3)6-4/h3-5H,2H2,1H3,(H,7,9)(H,8,10);1-4H3. The molecule has 1 aliphatic heterocycles. The molecule has 0 radical (unpaired) electrons. The molecule has 2 N–H and O–H groups in total. The molecule has 2 atom stereocenters. The van der Waals surface area contributed by atoms with Crippen molar-refractivity contribution in [1.82, 2.24) is 10.6 Å². The van der Waals surface area contributed by atoms with Gasteiger partial charge in [-0.05, 0) is 34.1 Å². The molecule has 2 amide bonds. The van der Waals surface area contributed by atoms with Crippen molar-refractivity contribution in [1.29, 1.82) is 0 Å². The van der Waals surface area contributed by atoms with Crippen molar-refractivity contribution in [3.63, 3.8) is 0 Å². The summed E-state index contributed by atoms with van der Waals surface area (Å²) in [7, 11) is 1.71. The highest BCUT2D eigenvalue weighted by Crippen LogP contribution is 2.05. The number of carbonyl (C=O) groups is 2. The molecule has 0 aromatic rings. The van der Waals surface area contributed by atoms with Gasteiger partial charge in [0.05, 0.1) is 5.60 Å². The summed E-state index contributed by atoms with van der Waals surface area (Å²) in [6.45, 7) is 7.97. The molecule has 1 saturated heterocycles. The molecule has 1 rings (SSSR count). The minimum Gasteiger partial charge on any atom is -0.379 e. The number of hydrogen-bond acceptors (Lipinski definition) is 3. The number of nitrogens with one attached hydrogen (secondary N) is 2. The maximum atomic E-state index is 10.8. The first-order valence-electron chi connectivity index (χ1n) is 5.35. The van der Waals surface area contributed by atoms with Crippen molar-refractivity contribution in [3.05, 3.63) is 0 Å². The van der Waals surface area contributed by atoms with Gasteiger partial charge in [-0.25, -0.2) is 0 Å². The quantitative estimate of drug-likeness (QED) is 0.676. The average molecular weight is 230 g/mol. The molecule has 1 heterocycles. The second-order valence-corrected chi connectivity index (χ2v) is 4.80. The number of methoxy groups -OCH3 is 1. The van der Waals surface area contributed by atoms with Crippen LogP contribution in [0, 0.1) is 0 Å². The minimum absolute atomic E-state index is 0.0417. The van der Waals surface area contributed by atoms with Crippen molar-refractivity contribution in [2.75, 3.05) is 7.11 Å². The second kappa shape index (κ2) is 6.48. The van der Waals surface area contributed by atoms with E-state index >= 15 is 0 Å². The smallest absolute Gasteiger partial charge is 0.242 e. The largest absolute Gasteiger partial charge is 0.379 e. The maximum absolute atomic E-state index is 10.8. The number of hydrogen-bond donors (Lipinski definition) is 2. The van der Waals surface area contributed by atoms with Gasteiger partial charge in [-0.3, -0.25) is 9.59 Å². The van der Waals surface area contributed by atoms with Gasteiger partial charge >= 0.3 is 0 Å². The molecular weight excluding hydrogens is 208 g/mol. The molecule has 5 heteroatoms. The first-order valence-corrected chi connectivity index (χ1v) is 5.35. The van der Waals surface area contributed by atoms with E-state index < -0.39 is 0 Å². The van der Waals surface area contributed by atoms with Crippen LogP contribution in [0.4, 0.5) is 0 Å². The summed E-state index contributed by atoms with van der Waals surface area (Å²) in [5.41, 5.74) is 0.0417. The van der Waals surface area contributed by atoms with Gasteiger partial charge in [0.1, 0.15) is 6.04 Å². The van der Waals surface area contributed by atoms with Gasteiger partial charge in [-0.2, -0.15) is 0 Å². The first kappa shape index (κ1) is 14.9. The van der Waals surface area contributed by atoms with Crippen molar-refractivity contribution >= 4 is 12.3 Å². The van der Waals surface area contributed by atoms with Crippen molar-refractivity contribution in [2.45, 2.75) is 51.8 Å². The lowest BCUT2D eigenvalue weighted by Crippen LogP contribution is -2.35. The van der Waals surface area contributed by atoms with E-state index in [1.165, 1.54) is 0 Å². The van der Waals surface area contributed by atoms with E-state index in [9.17, 15) is 9.59 Å². The highest BCUT2D eigenvalue weighted by atomic mass is 16.5. The summed E-state index contributed by atoms with van der Waals surface area (Å²) in [6, 6.07) is -0.127. The highest BCUT2D eigenvalue weighted by molar-refractivity contribution is 5.85. The van der Waals surface area contributed by atoms with Gasteiger partial charge in [0.25, 0.3) is 0 Å². The van der Waals surface area contributed by atoms with Crippen LogP contribution in [0.2, 0.25) is 0 Å². The summed E-state index contributed by atoms with van der Waals surface area (Å²) in [4.78, 5) is 20.8. The lowest BCUT2D eigenvalue weighted by atomic mass is 10.2. The molecule has 1 fully saturated rings. The van der Waals surface area contributed by atoms with Crippen LogP contribution in [-0.2, 0) is 14.3 Å². The van der Waals surface area contributed by atoms with Crippen LogP contribution in [0.3, 0.4) is 0 Å². The Hall–Kier alpha value is -1.10. The Balaban J connectivity index is 0.000000325. The highest BCUT2D eigenvalue weighted by Gasteiger charge is 2.28. The van der Waals surface area contributed by atoms with Crippen LogP contribution in [0.1, 0.15) is 34.1 Å². The third kappa shape index (κ3) is 6.40.